The van der Waals surface area contributed by atoms with Gasteiger partial charge in [-0.1, -0.05) is 30.3 Å². The molecule has 0 atom stereocenters. The van der Waals surface area contributed by atoms with Crippen molar-refractivity contribution in [2.75, 3.05) is 0 Å². The molecule has 1 aromatic carbocycles. The van der Waals surface area contributed by atoms with Crippen LogP contribution >= 0.6 is 0 Å². The maximum atomic E-state index is 11.4. The third-order valence-corrected chi connectivity index (χ3v) is 2.83. The Morgan fingerprint density at radius 2 is 1.81 bits per heavy atom. The van der Waals surface area contributed by atoms with Gasteiger partial charge in [-0.15, -0.1) is 0 Å². The lowest BCUT2D eigenvalue weighted by molar-refractivity contribution is 0.101. The van der Waals surface area contributed by atoms with Gasteiger partial charge in [0.2, 0.25) is 0 Å². The van der Waals surface area contributed by atoms with Crippen molar-refractivity contribution < 1.29 is 4.79 Å². The van der Waals surface area contributed by atoms with Crippen LogP contribution in [0.5, 0.6) is 0 Å². The molecule has 0 bridgehead atoms. The van der Waals surface area contributed by atoms with Crippen molar-refractivity contribution >= 4 is 5.78 Å². The minimum atomic E-state index is 0.104. The lowest BCUT2D eigenvalue weighted by Crippen LogP contribution is -2.02. The first-order valence-corrected chi connectivity index (χ1v) is 5.34. The fourth-order valence-electron chi connectivity index (χ4n) is 2.11. The highest BCUT2D eigenvalue weighted by atomic mass is 16.1. The largest absolute Gasteiger partial charge is 0.341 e. The first kappa shape index (κ1) is 10.7. The van der Waals surface area contributed by atoms with Gasteiger partial charge in [0.1, 0.15) is 0 Å². The van der Waals surface area contributed by atoms with E-state index in [-0.39, 0.29) is 5.78 Å². The third kappa shape index (κ3) is 1.67. The molecule has 82 valence electrons. The van der Waals surface area contributed by atoms with Crippen molar-refractivity contribution in [3.63, 3.8) is 0 Å². The average Bonchev–Trinajstić information content (AvgIpc) is 2.56. The molecule has 0 saturated heterocycles. The molecular weight excluding hydrogens is 198 g/mol. The summed E-state index contributed by atoms with van der Waals surface area (Å²) in [7, 11) is 1.94. The van der Waals surface area contributed by atoms with Gasteiger partial charge >= 0.3 is 0 Å². The summed E-state index contributed by atoms with van der Waals surface area (Å²) in [5, 5.41) is 0. The number of aromatic nitrogens is 1. The Hall–Kier alpha value is -1.83. The van der Waals surface area contributed by atoms with Gasteiger partial charge in [-0.25, -0.2) is 0 Å². The number of carbonyl (C=O) groups is 1. The van der Waals surface area contributed by atoms with Gasteiger partial charge in [0.25, 0.3) is 0 Å². The predicted molar refractivity (Wildman–Crippen MR) is 65.6 cm³/mol. The molecule has 2 heteroatoms. The number of carbonyl (C=O) groups excluding carboxylic acids is 1. The fraction of sp³-hybridized carbons (Fsp3) is 0.214. The van der Waals surface area contributed by atoms with E-state index in [4.69, 9.17) is 0 Å². The summed E-state index contributed by atoms with van der Waals surface area (Å²) in [6, 6.07) is 12.1. The maximum absolute atomic E-state index is 11.4. The van der Waals surface area contributed by atoms with E-state index in [0.29, 0.717) is 0 Å². The van der Waals surface area contributed by atoms with Crippen molar-refractivity contribution in [1.29, 1.82) is 0 Å². The van der Waals surface area contributed by atoms with Crippen LogP contribution in [0.2, 0.25) is 0 Å². The monoisotopic (exact) mass is 213 g/mol. The zero-order chi connectivity index (χ0) is 11.7. The molecule has 1 heterocycles. The summed E-state index contributed by atoms with van der Waals surface area (Å²) in [4.78, 5) is 11.4. The smallest absolute Gasteiger partial charge is 0.176 e. The lowest BCUT2D eigenvalue weighted by Gasteiger charge is -2.07. The van der Waals surface area contributed by atoms with Crippen LogP contribution in [0.25, 0.3) is 11.3 Å². The van der Waals surface area contributed by atoms with E-state index >= 15 is 0 Å². The molecule has 0 radical (unpaired) electrons. The second-order valence-corrected chi connectivity index (χ2v) is 4.04. The van der Waals surface area contributed by atoms with Crippen molar-refractivity contribution in [3.8, 4) is 11.3 Å². The van der Waals surface area contributed by atoms with Crippen molar-refractivity contribution in [2.24, 2.45) is 7.05 Å². The highest BCUT2D eigenvalue weighted by Crippen LogP contribution is 2.26. The van der Waals surface area contributed by atoms with Crippen LogP contribution in [0.3, 0.4) is 0 Å². The van der Waals surface area contributed by atoms with Gasteiger partial charge in [0.15, 0.2) is 5.78 Å². The molecule has 0 spiro atoms. The van der Waals surface area contributed by atoms with Crippen LogP contribution in [-0.4, -0.2) is 10.4 Å². The Kier molecular flexibility index (Phi) is 2.65. The van der Waals surface area contributed by atoms with Crippen LogP contribution in [0.1, 0.15) is 23.0 Å². The number of benzene rings is 1. The SMILES string of the molecule is CC(=O)c1cc(C)c(-c2ccccc2)n1C. The van der Waals surface area contributed by atoms with Crippen LogP contribution < -0.4 is 0 Å². The van der Waals surface area contributed by atoms with Gasteiger partial charge in [-0.2, -0.15) is 0 Å². The summed E-state index contributed by atoms with van der Waals surface area (Å²) >= 11 is 0. The summed E-state index contributed by atoms with van der Waals surface area (Å²) in [6.45, 7) is 3.64. The summed E-state index contributed by atoms with van der Waals surface area (Å²) in [5.74, 6) is 0.104. The molecule has 2 aromatic rings. The molecular formula is C14H15NO. The lowest BCUT2D eigenvalue weighted by atomic mass is 10.1. The van der Waals surface area contributed by atoms with E-state index in [0.717, 1.165) is 22.5 Å². The zero-order valence-corrected chi connectivity index (χ0v) is 9.82. The first-order valence-electron chi connectivity index (χ1n) is 5.34. The van der Waals surface area contributed by atoms with Crippen molar-refractivity contribution in [1.82, 2.24) is 4.57 Å². The van der Waals surface area contributed by atoms with E-state index < -0.39 is 0 Å². The van der Waals surface area contributed by atoms with Crippen molar-refractivity contribution in [2.45, 2.75) is 13.8 Å². The minimum Gasteiger partial charge on any atom is -0.341 e. The van der Waals surface area contributed by atoms with Gasteiger partial charge in [-0.05, 0) is 24.1 Å². The average molecular weight is 213 g/mol. The summed E-state index contributed by atoms with van der Waals surface area (Å²) < 4.78 is 1.97. The fourth-order valence-corrected chi connectivity index (χ4v) is 2.11. The van der Waals surface area contributed by atoms with E-state index in [1.54, 1.807) is 6.92 Å². The second-order valence-electron chi connectivity index (χ2n) is 4.04. The van der Waals surface area contributed by atoms with E-state index in [1.165, 1.54) is 0 Å². The number of hydrogen-bond donors (Lipinski definition) is 0. The zero-order valence-electron chi connectivity index (χ0n) is 9.82. The Balaban J connectivity index is 2.63. The molecule has 0 aliphatic carbocycles. The van der Waals surface area contributed by atoms with E-state index in [2.05, 4.69) is 12.1 Å². The number of Topliss-reactive ketones (excluding diaryl/α,β-unsaturated/α-hetero) is 1. The van der Waals surface area contributed by atoms with Crippen LogP contribution in [0.4, 0.5) is 0 Å². The maximum Gasteiger partial charge on any atom is 0.176 e. The molecule has 0 saturated carbocycles. The number of hydrogen-bond acceptors (Lipinski definition) is 1. The Labute approximate surface area is 95.5 Å². The van der Waals surface area contributed by atoms with Crippen LogP contribution in [-0.2, 0) is 7.05 Å². The standard InChI is InChI=1S/C14H15NO/c1-10-9-13(11(2)16)15(3)14(10)12-7-5-4-6-8-12/h4-9H,1-3H3. The molecule has 0 fully saturated rings. The van der Waals surface area contributed by atoms with Crippen molar-refractivity contribution in [3.05, 3.63) is 47.7 Å². The predicted octanol–water partition coefficient (Wildman–Crippen LogP) is 3.20. The third-order valence-electron chi connectivity index (χ3n) is 2.83. The van der Waals surface area contributed by atoms with Crippen LogP contribution in [0.15, 0.2) is 36.4 Å². The van der Waals surface area contributed by atoms with E-state index in [1.807, 2.05) is 42.8 Å². The second kappa shape index (κ2) is 3.97. The van der Waals surface area contributed by atoms with Gasteiger partial charge in [0.05, 0.1) is 11.4 Å². The summed E-state index contributed by atoms with van der Waals surface area (Å²) in [6.07, 6.45) is 0. The normalized spacial score (nSPS) is 10.4. The molecule has 2 nitrogen and oxygen atoms in total. The highest BCUT2D eigenvalue weighted by molar-refractivity contribution is 5.94. The molecule has 0 aliphatic heterocycles. The molecule has 0 unspecified atom stereocenters. The molecule has 2 rings (SSSR count). The molecule has 0 amide bonds. The van der Waals surface area contributed by atoms with Gasteiger partial charge in [0, 0.05) is 14.0 Å². The number of aryl methyl sites for hydroxylation is 1. The quantitative estimate of drug-likeness (QED) is 0.702. The summed E-state index contributed by atoms with van der Waals surface area (Å²) in [5.41, 5.74) is 4.16. The topological polar surface area (TPSA) is 22.0 Å². The highest BCUT2D eigenvalue weighted by Gasteiger charge is 2.13. The molecule has 0 N–H and O–H groups in total. The molecule has 16 heavy (non-hydrogen) atoms. The van der Waals surface area contributed by atoms with Gasteiger partial charge < -0.3 is 4.57 Å². The Morgan fingerprint density at radius 1 is 1.19 bits per heavy atom. The number of ketones is 1. The molecule has 0 aliphatic rings. The first-order chi connectivity index (χ1) is 7.61. The van der Waals surface area contributed by atoms with E-state index in [9.17, 15) is 4.79 Å². The number of nitrogens with zero attached hydrogens (tertiary/aromatic N) is 1. The number of rotatable bonds is 2. The van der Waals surface area contributed by atoms with Crippen LogP contribution in [0, 0.1) is 6.92 Å². The minimum absolute atomic E-state index is 0.104. The Morgan fingerprint density at radius 3 is 2.31 bits per heavy atom. The molecule has 1 aromatic heterocycles. The Bertz CT molecular complexity index is 523. The van der Waals surface area contributed by atoms with Gasteiger partial charge in [-0.3, -0.25) is 4.79 Å².